The SMILES string of the molecule is CCc1ccccc1[C@@]1(C(C)C)CC(O)=C(Sc2cc3nc[nH]c3cc2C(C)(C)C)C(=O)O1. The highest BCUT2D eigenvalue weighted by Crippen LogP contribution is 2.48. The van der Waals surface area contributed by atoms with Crippen molar-refractivity contribution in [1.29, 1.82) is 0 Å². The van der Waals surface area contributed by atoms with Gasteiger partial charge in [0.2, 0.25) is 0 Å². The second-order valence-corrected chi connectivity index (χ2v) is 11.1. The number of nitrogens with zero attached hydrogens (tertiary/aromatic N) is 1. The third-order valence-electron chi connectivity index (χ3n) is 6.48. The number of carbonyl (C=O) groups excluding carboxylic acids is 1. The molecule has 2 N–H and O–H groups in total. The van der Waals surface area contributed by atoms with Gasteiger partial charge in [-0.3, -0.25) is 0 Å². The molecule has 0 aliphatic carbocycles. The van der Waals surface area contributed by atoms with Crippen LogP contribution in [0, 0.1) is 5.92 Å². The summed E-state index contributed by atoms with van der Waals surface area (Å²) in [5, 5.41) is 11.2. The number of ether oxygens (including phenoxy) is 1. The van der Waals surface area contributed by atoms with Crippen molar-refractivity contribution >= 4 is 28.8 Å². The van der Waals surface area contributed by atoms with Crippen molar-refractivity contribution in [3.8, 4) is 0 Å². The molecular weight excluding hydrogens is 432 g/mol. The second-order valence-electron chi connectivity index (χ2n) is 10.0. The van der Waals surface area contributed by atoms with Gasteiger partial charge < -0.3 is 14.8 Å². The van der Waals surface area contributed by atoms with E-state index in [-0.39, 0.29) is 28.4 Å². The van der Waals surface area contributed by atoms with Crippen molar-refractivity contribution in [1.82, 2.24) is 9.97 Å². The lowest BCUT2D eigenvalue weighted by atomic mass is 9.76. The van der Waals surface area contributed by atoms with Crippen LogP contribution in [-0.2, 0) is 27.0 Å². The van der Waals surface area contributed by atoms with E-state index in [2.05, 4.69) is 49.8 Å². The maximum Gasteiger partial charge on any atom is 0.349 e. The first kappa shape index (κ1) is 23.4. The van der Waals surface area contributed by atoms with E-state index < -0.39 is 11.6 Å². The predicted molar refractivity (Wildman–Crippen MR) is 133 cm³/mol. The van der Waals surface area contributed by atoms with E-state index in [4.69, 9.17) is 4.74 Å². The molecule has 0 bridgehead atoms. The quantitative estimate of drug-likeness (QED) is 0.407. The lowest BCUT2D eigenvalue weighted by Crippen LogP contribution is -2.42. The Morgan fingerprint density at radius 2 is 1.97 bits per heavy atom. The van der Waals surface area contributed by atoms with E-state index in [0.717, 1.165) is 39.0 Å². The minimum Gasteiger partial charge on any atom is -0.511 e. The number of carbonyl (C=O) groups is 1. The number of nitrogens with one attached hydrogen (secondary N) is 1. The number of aromatic amines is 1. The van der Waals surface area contributed by atoms with Crippen molar-refractivity contribution in [2.24, 2.45) is 5.92 Å². The van der Waals surface area contributed by atoms with Crippen molar-refractivity contribution in [2.45, 2.75) is 70.3 Å². The molecule has 0 amide bonds. The number of aliphatic hydroxyl groups excluding tert-OH is 1. The maximum atomic E-state index is 13.4. The van der Waals surface area contributed by atoms with E-state index in [9.17, 15) is 9.90 Å². The van der Waals surface area contributed by atoms with Gasteiger partial charge in [0.05, 0.1) is 23.8 Å². The van der Waals surface area contributed by atoms with Crippen LogP contribution in [0.2, 0.25) is 0 Å². The number of hydrogen-bond acceptors (Lipinski definition) is 5. The Bertz CT molecular complexity index is 1240. The molecule has 4 rings (SSSR count). The Hall–Kier alpha value is -2.73. The molecule has 1 aliphatic rings. The van der Waals surface area contributed by atoms with Gasteiger partial charge in [-0.05, 0) is 46.6 Å². The number of imidazole rings is 1. The smallest absolute Gasteiger partial charge is 0.349 e. The lowest BCUT2D eigenvalue weighted by molar-refractivity contribution is -0.165. The normalized spacial score (nSPS) is 19.4. The molecule has 0 unspecified atom stereocenters. The highest BCUT2D eigenvalue weighted by atomic mass is 32.2. The Kier molecular flexibility index (Phi) is 6.08. The number of hydrogen-bond donors (Lipinski definition) is 2. The first-order chi connectivity index (χ1) is 15.6. The minimum absolute atomic E-state index is 0.00612. The molecule has 2 heterocycles. The fraction of sp³-hybridized carbons (Fsp3) is 0.407. The largest absolute Gasteiger partial charge is 0.511 e. The molecule has 0 saturated carbocycles. The van der Waals surface area contributed by atoms with Crippen LogP contribution in [0.4, 0.5) is 0 Å². The average molecular weight is 465 g/mol. The summed E-state index contributed by atoms with van der Waals surface area (Å²) in [6.45, 7) is 12.6. The topological polar surface area (TPSA) is 75.2 Å². The number of fused-ring (bicyclic) bond motifs is 1. The molecule has 1 atom stereocenters. The van der Waals surface area contributed by atoms with Crippen LogP contribution in [0.5, 0.6) is 0 Å². The maximum absolute atomic E-state index is 13.4. The fourth-order valence-corrected chi connectivity index (χ4v) is 5.74. The molecule has 0 spiro atoms. The van der Waals surface area contributed by atoms with Gasteiger partial charge in [-0.2, -0.15) is 0 Å². The summed E-state index contributed by atoms with van der Waals surface area (Å²) in [6, 6.07) is 12.1. The lowest BCUT2D eigenvalue weighted by Gasteiger charge is -2.41. The molecule has 174 valence electrons. The van der Waals surface area contributed by atoms with Crippen molar-refractivity contribution in [3.63, 3.8) is 0 Å². The molecular formula is C27H32N2O3S. The van der Waals surface area contributed by atoms with Crippen molar-refractivity contribution < 1.29 is 14.6 Å². The summed E-state index contributed by atoms with van der Waals surface area (Å²) in [5.41, 5.74) is 3.90. The predicted octanol–water partition coefficient (Wildman–Crippen LogP) is 6.78. The summed E-state index contributed by atoms with van der Waals surface area (Å²) in [5.74, 6) is -0.406. The minimum atomic E-state index is -0.892. The summed E-state index contributed by atoms with van der Waals surface area (Å²) in [6.07, 6.45) is 2.75. The second kappa shape index (κ2) is 8.56. The third-order valence-corrected chi connectivity index (χ3v) is 7.64. The van der Waals surface area contributed by atoms with E-state index >= 15 is 0 Å². The zero-order chi connectivity index (χ0) is 24.0. The van der Waals surface area contributed by atoms with Crippen LogP contribution in [0.3, 0.4) is 0 Å². The number of thioether (sulfide) groups is 1. The van der Waals surface area contributed by atoms with Crippen LogP contribution < -0.4 is 0 Å². The monoisotopic (exact) mass is 464 g/mol. The first-order valence-corrected chi connectivity index (χ1v) is 12.3. The number of aliphatic hydroxyl groups is 1. The zero-order valence-corrected chi connectivity index (χ0v) is 21.0. The Morgan fingerprint density at radius 1 is 1.24 bits per heavy atom. The Labute approximate surface area is 199 Å². The van der Waals surface area contributed by atoms with Crippen LogP contribution in [0.1, 0.15) is 64.7 Å². The number of rotatable bonds is 5. The molecule has 33 heavy (non-hydrogen) atoms. The molecule has 0 fully saturated rings. The van der Waals surface area contributed by atoms with Gasteiger partial charge in [0.1, 0.15) is 16.3 Å². The van der Waals surface area contributed by atoms with Crippen LogP contribution >= 0.6 is 11.8 Å². The fourth-order valence-electron chi connectivity index (χ4n) is 4.56. The van der Waals surface area contributed by atoms with Crippen molar-refractivity contribution in [3.05, 3.63) is 70.1 Å². The van der Waals surface area contributed by atoms with Gasteiger partial charge in [-0.1, -0.05) is 77.6 Å². The van der Waals surface area contributed by atoms with E-state index in [1.54, 1.807) is 6.33 Å². The number of aryl methyl sites for hydroxylation is 1. The average Bonchev–Trinajstić information content (AvgIpc) is 3.22. The number of aromatic nitrogens is 2. The molecule has 2 aromatic carbocycles. The van der Waals surface area contributed by atoms with E-state index in [1.807, 2.05) is 38.1 Å². The van der Waals surface area contributed by atoms with Crippen LogP contribution in [-0.4, -0.2) is 21.0 Å². The summed E-state index contributed by atoms with van der Waals surface area (Å²) >= 11 is 1.27. The van der Waals surface area contributed by atoms with E-state index in [1.165, 1.54) is 11.8 Å². The van der Waals surface area contributed by atoms with Gasteiger partial charge in [0.15, 0.2) is 0 Å². The number of benzene rings is 2. The highest BCUT2D eigenvalue weighted by molar-refractivity contribution is 8.04. The molecule has 3 aromatic rings. The number of cyclic esters (lactones) is 1. The molecule has 6 heteroatoms. The molecule has 1 aromatic heterocycles. The van der Waals surface area contributed by atoms with Gasteiger partial charge in [-0.15, -0.1) is 0 Å². The zero-order valence-electron chi connectivity index (χ0n) is 20.2. The molecule has 5 nitrogen and oxygen atoms in total. The molecule has 0 radical (unpaired) electrons. The molecule has 0 saturated heterocycles. The van der Waals surface area contributed by atoms with Gasteiger partial charge in [-0.25, -0.2) is 9.78 Å². The van der Waals surface area contributed by atoms with Crippen LogP contribution in [0.25, 0.3) is 11.0 Å². The third kappa shape index (κ3) is 4.17. The van der Waals surface area contributed by atoms with Crippen molar-refractivity contribution in [2.75, 3.05) is 0 Å². The molecule has 1 aliphatic heterocycles. The number of esters is 1. The summed E-state index contributed by atoms with van der Waals surface area (Å²) in [7, 11) is 0. The van der Waals surface area contributed by atoms with Crippen LogP contribution in [0.15, 0.2) is 58.3 Å². The van der Waals surface area contributed by atoms with E-state index in [0.29, 0.717) is 0 Å². The summed E-state index contributed by atoms with van der Waals surface area (Å²) < 4.78 is 6.22. The highest BCUT2D eigenvalue weighted by Gasteiger charge is 2.47. The Balaban J connectivity index is 1.79. The first-order valence-electron chi connectivity index (χ1n) is 11.5. The Morgan fingerprint density at radius 3 is 2.61 bits per heavy atom. The summed E-state index contributed by atoms with van der Waals surface area (Å²) in [4.78, 5) is 22.1. The standard InChI is InChI=1S/C27H32N2O3S/c1-7-17-10-8-9-11-18(17)27(16(2)3)14-22(30)24(25(31)32-27)33-23-13-21-20(28-15-29-21)12-19(23)26(4,5)6/h8-13,15-16,30H,7,14H2,1-6H3,(H,28,29)/t27-/m0/s1. The van der Waals surface area contributed by atoms with Gasteiger partial charge in [0, 0.05) is 4.90 Å². The van der Waals surface area contributed by atoms with Gasteiger partial charge in [0.25, 0.3) is 0 Å². The number of H-pyrrole nitrogens is 1. The van der Waals surface area contributed by atoms with Gasteiger partial charge >= 0.3 is 5.97 Å².